The molecule has 0 radical (unpaired) electrons. The van der Waals surface area contributed by atoms with Crippen LogP contribution in [-0.2, 0) is 19.6 Å². The Labute approximate surface area is 158 Å². The SMILES string of the molecule is NS(=O)(=O)c1cccc(N2CC(C(=O)NCCN3CCNCC3)CC2=O)c1. The van der Waals surface area contributed by atoms with Crippen molar-refractivity contribution < 1.29 is 18.0 Å². The molecule has 2 aliphatic heterocycles. The highest BCUT2D eigenvalue weighted by Crippen LogP contribution is 2.26. The summed E-state index contributed by atoms with van der Waals surface area (Å²) in [6, 6.07) is 5.90. The van der Waals surface area contributed by atoms with Crippen molar-refractivity contribution in [2.75, 3.05) is 50.7 Å². The van der Waals surface area contributed by atoms with Gasteiger partial charge in [0.2, 0.25) is 21.8 Å². The van der Waals surface area contributed by atoms with Crippen molar-refractivity contribution in [2.24, 2.45) is 11.1 Å². The van der Waals surface area contributed by atoms with Gasteiger partial charge in [-0.2, -0.15) is 0 Å². The molecule has 2 saturated heterocycles. The molecule has 1 aromatic rings. The van der Waals surface area contributed by atoms with E-state index >= 15 is 0 Å². The predicted octanol–water partition coefficient (Wildman–Crippen LogP) is -1.29. The highest BCUT2D eigenvalue weighted by molar-refractivity contribution is 7.89. The average molecular weight is 395 g/mol. The Kier molecular flexibility index (Phi) is 6.10. The zero-order valence-corrected chi connectivity index (χ0v) is 15.9. The number of nitrogens with one attached hydrogen (secondary N) is 2. The predicted molar refractivity (Wildman–Crippen MR) is 101 cm³/mol. The number of nitrogens with two attached hydrogens (primary N) is 1. The second kappa shape index (κ2) is 8.34. The fourth-order valence-electron chi connectivity index (χ4n) is 3.38. The van der Waals surface area contributed by atoms with E-state index in [0.717, 1.165) is 32.7 Å². The molecule has 27 heavy (non-hydrogen) atoms. The molecule has 0 aliphatic carbocycles. The smallest absolute Gasteiger partial charge is 0.238 e. The molecule has 10 heteroatoms. The number of piperazine rings is 1. The van der Waals surface area contributed by atoms with Crippen LogP contribution in [0.3, 0.4) is 0 Å². The Morgan fingerprint density at radius 3 is 2.74 bits per heavy atom. The lowest BCUT2D eigenvalue weighted by atomic mass is 10.1. The highest BCUT2D eigenvalue weighted by atomic mass is 32.2. The molecule has 148 valence electrons. The molecule has 2 aliphatic rings. The molecule has 3 rings (SSSR count). The number of benzene rings is 1. The Morgan fingerprint density at radius 1 is 1.30 bits per heavy atom. The van der Waals surface area contributed by atoms with E-state index in [-0.39, 0.29) is 29.7 Å². The largest absolute Gasteiger partial charge is 0.355 e. The molecule has 1 unspecified atom stereocenters. The fraction of sp³-hybridized carbons (Fsp3) is 0.529. The first kappa shape index (κ1) is 19.7. The van der Waals surface area contributed by atoms with E-state index in [1.54, 1.807) is 6.07 Å². The van der Waals surface area contributed by atoms with Crippen molar-refractivity contribution in [2.45, 2.75) is 11.3 Å². The lowest BCUT2D eigenvalue weighted by molar-refractivity contribution is -0.126. The highest BCUT2D eigenvalue weighted by Gasteiger charge is 2.35. The maximum Gasteiger partial charge on any atom is 0.238 e. The minimum atomic E-state index is -3.85. The summed E-state index contributed by atoms with van der Waals surface area (Å²) in [5.41, 5.74) is 0.433. The van der Waals surface area contributed by atoms with Gasteiger partial charge in [-0.15, -0.1) is 0 Å². The van der Waals surface area contributed by atoms with Gasteiger partial charge < -0.3 is 15.5 Å². The normalized spacial score (nSPS) is 21.4. The van der Waals surface area contributed by atoms with E-state index in [4.69, 9.17) is 5.14 Å². The van der Waals surface area contributed by atoms with Gasteiger partial charge in [-0.25, -0.2) is 13.6 Å². The number of nitrogens with zero attached hydrogens (tertiary/aromatic N) is 2. The van der Waals surface area contributed by atoms with Crippen molar-refractivity contribution in [3.63, 3.8) is 0 Å². The molecule has 2 fully saturated rings. The van der Waals surface area contributed by atoms with Crippen molar-refractivity contribution >= 4 is 27.5 Å². The fourth-order valence-corrected chi connectivity index (χ4v) is 3.93. The molecular formula is C17H25N5O4S. The molecule has 0 spiro atoms. The zero-order valence-electron chi connectivity index (χ0n) is 15.1. The molecule has 1 atom stereocenters. The van der Waals surface area contributed by atoms with Crippen LogP contribution >= 0.6 is 0 Å². The van der Waals surface area contributed by atoms with Gasteiger partial charge in [-0.05, 0) is 18.2 Å². The standard InChI is InChI=1S/C17H25N5O4S/c18-27(25,26)15-3-1-2-14(11-15)22-12-13(10-16(22)23)17(24)20-6-9-21-7-4-19-5-8-21/h1-3,11,13,19H,4-10,12H2,(H,20,24)(H2,18,25,26). The number of rotatable bonds is 6. The van der Waals surface area contributed by atoms with Crippen molar-refractivity contribution in [3.05, 3.63) is 24.3 Å². The minimum Gasteiger partial charge on any atom is -0.355 e. The summed E-state index contributed by atoms with van der Waals surface area (Å²) < 4.78 is 23.0. The molecule has 0 bridgehead atoms. The summed E-state index contributed by atoms with van der Waals surface area (Å²) in [5.74, 6) is -0.800. The van der Waals surface area contributed by atoms with Crippen molar-refractivity contribution in [1.82, 2.24) is 15.5 Å². The molecule has 2 amide bonds. The molecule has 1 aromatic carbocycles. The van der Waals surface area contributed by atoms with Crippen LogP contribution in [0.5, 0.6) is 0 Å². The first-order valence-electron chi connectivity index (χ1n) is 8.98. The monoisotopic (exact) mass is 395 g/mol. The maximum absolute atomic E-state index is 12.4. The van der Waals surface area contributed by atoms with Gasteiger partial charge in [-0.1, -0.05) is 6.07 Å². The number of anilines is 1. The lowest BCUT2D eigenvalue weighted by Gasteiger charge is -2.27. The van der Waals surface area contributed by atoms with Gasteiger partial charge in [0.15, 0.2) is 0 Å². The number of hydrogen-bond donors (Lipinski definition) is 3. The molecular weight excluding hydrogens is 370 g/mol. The number of sulfonamides is 1. The summed E-state index contributed by atoms with van der Waals surface area (Å²) in [5, 5.41) is 11.3. The first-order valence-corrected chi connectivity index (χ1v) is 10.5. The van der Waals surface area contributed by atoms with Gasteiger partial charge in [0.05, 0.1) is 10.8 Å². The molecule has 4 N–H and O–H groups in total. The summed E-state index contributed by atoms with van der Waals surface area (Å²) >= 11 is 0. The van der Waals surface area contributed by atoms with E-state index in [2.05, 4.69) is 15.5 Å². The van der Waals surface area contributed by atoms with E-state index in [9.17, 15) is 18.0 Å². The minimum absolute atomic E-state index is 0.0586. The summed E-state index contributed by atoms with van der Waals surface area (Å²) in [7, 11) is -3.85. The summed E-state index contributed by atoms with van der Waals surface area (Å²) in [6.45, 7) is 5.40. The Bertz CT molecular complexity index is 807. The average Bonchev–Trinajstić information content (AvgIpc) is 3.04. The Balaban J connectivity index is 1.56. The van der Waals surface area contributed by atoms with Crippen molar-refractivity contribution in [3.8, 4) is 0 Å². The first-order chi connectivity index (χ1) is 12.8. The second-order valence-corrected chi connectivity index (χ2v) is 8.39. The van der Waals surface area contributed by atoms with E-state index < -0.39 is 15.9 Å². The third-order valence-electron chi connectivity index (χ3n) is 4.89. The van der Waals surface area contributed by atoms with Gasteiger partial charge in [0.1, 0.15) is 0 Å². The molecule has 0 saturated carbocycles. The quantitative estimate of drug-likeness (QED) is 0.550. The van der Waals surface area contributed by atoms with Crippen LogP contribution in [0.4, 0.5) is 5.69 Å². The van der Waals surface area contributed by atoms with Crippen molar-refractivity contribution in [1.29, 1.82) is 0 Å². The summed E-state index contributed by atoms with van der Waals surface area (Å²) in [4.78, 5) is 28.4. The van der Waals surface area contributed by atoms with Crippen LogP contribution in [0.15, 0.2) is 29.2 Å². The molecule has 0 aromatic heterocycles. The number of carbonyl (C=O) groups is 2. The third-order valence-corrected chi connectivity index (χ3v) is 5.80. The maximum atomic E-state index is 12.4. The lowest BCUT2D eigenvalue weighted by Crippen LogP contribution is -2.46. The Hall–Kier alpha value is -2.01. The second-order valence-electron chi connectivity index (χ2n) is 6.83. The molecule has 2 heterocycles. The van der Waals surface area contributed by atoms with Gasteiger partial charge in [-0.3, -0.25) is 14.5 Å². The van der Waals surface area contributed by atoms with Crippen LogP contribution in [0.1, 0.15) is 6.42 Å². The van der Waals surface area contributed by atoms with Crippen LogP contribution in [0, 0.1) is 5.92 Å². The number of primary sulfonamides is 1. The summed E-state index contributed by atoms with van der Waals surface area (Å²) in [6.07, 6.45) is 0.110. The molecule has 9 nitrogen and oxygen atoms in total. The zero-order chi connectivity index (χ0) is 19.4. The van der Waals surface area contributed by atoms with Gasteiger partial charge in [0.25, 0.3) is 0 Å². The van der Waals surface area contributed by atoms with E-state index in [0.29, 0.717) is 12.2 Å². The topological polar surface area (TPSA) is 125 Å². The Morgan fingerprint density at radius 2 is 2.04 bits per heavy atom. The van der Waals surface area contributed by atoms with E-state index in [1.807, 2.05) is 0 Å². The van der Waals surface area contributed by atoms with Crippen LogP contribution in [0.25, 0.3) is 0 Å². The number of hydrogen-bond acceptors (Lipinski definition) is 6. The van der Waals surface area contributed by atoms with Gasteiger partial charge >= 0.3 is 0 Å². The van der Waals surface area contributed by atoms with Crippen LogP contribution in [-0.4, -0.2) is 70.9 Å². The van der Waals surface area contributed by atoms with Crippen LogP contribution < -0.4 is 20.7 Å². The number of carbonyl (C=O) groups excluding carboxylic acids is 2. The van der Waals surface area contributed by atoms with E-state index in [1.165, 1.54) is 23.1 Å². The van der Waals surface area contributed by atoms with Crippen LogP contribution in [0.2, 0.25) is 0 Å². The third kappa shape index (κ3) is 5.04. The van der Waals surface area contributed by atoms with Gasteiger partial charge in [0, 0.05) is 57.9 Å². The number of amides is 2.